The highest BCUT2D eigenvalue weighted by molar-refractivity contribution is 6.89. The molecule has 0 atom stereocenters. The first-order valence-electron chi connectivity index (χ1n) is 5.27. The Labute approximate surface area is 93.2 Å². The van der Waals surface area contributed by atoms with Gasteiger partial charge in [-0.1, -0.05) is 31.2 Å². The zero-order valence-corrected chi connectivity index (χ0v) is 11.3. The maximum Gasteiger partial charge on any atom is 0.122 e. The van der Waals surface area contributed by atoms with Crippen LogP contribution in [0.15, 0.2) is 18.2 Å². The molecule has 0 heterocycles. The molecule has 0 unspecified atom stereocenters. The lowest BCUT2D eigenvalue weighted by Gasteiger charge is -2.22. The monoisotopic (exact) mass is 224 g/mol. The fourth-order valence-corrected chi connectivity index (χ4v) is 2.88. The minimum absolute atomic E-state index is 0.887. The van der Waals surface area contributed by atoms with Gasteiger partial charge in [0.05, 0.1) is 22.3 Å². The van der Waals surface area contributed by atoms with E-state index in [1.165, 1.54) is 11.2 Å². The van der Waals surface area contributed by atoms with Crippen LogP contribution in [0.3, 0.4) is 0 Å². The SMILES string of the molecule is CC[Si](C)(C)c1cc(OC)cc(OC)c1. The average Bonchev–Trinajstić information content (AvgIpc) is 2.28. The topological polar surface area (TPSA) is 18.5 Å². The Hall–Kier alpha value is -0.963. The van der Waals surface area contributed by atoms with E-state index in [2.05, 4.69) is 32.2 Å². The third-order valence-electron chi connectivity index (χ3n) is 3.02. The molecule has 0 radical (unpaired) electrons. The maximum atomic E-state index is 5.28. The summed E-state index contributed by atoms with van der Waals surface area (Å²) in [6.07, 6.45) is 0. The average molecular weight is 224 g/mol. The second kappa shape index (κ2) is 4.70. The van der Waals surface area contributed by atoms with E-state index in [9.17, 15) is 0 Å². The molecule has 0 saturated carbocycles. The van der Waals surface area contributed by atoms with E-state index in [0.29, 0.717) is 0 Å². The van der Waals surface area contributed by atoms with Gasteiger partial charge in [-0.05, 0) is 12.1 Å². The highest BCUT2D eigenvalue weighted by Crippen LogP contribution is 2.21. The van der Waals surface area contributed by atoms with Crippen LogP contribution in [0.1, 0.15) is 6.92 Å². The van der Waals surface area contributed by atoms with E-state index < -0.39 is 8.07 Å². The van der Waals surface area contributed by atoms with Crippen LogP contribution in [0.5, 0.6) is 11.5 Å². The third kappa shape index (κ3) is 2.75. The summed E-state index contributed by atoms with van der Waals surface area (Å²) in [6.45, 7) is 6.97. The van der Waals surface area contributed by atoms with Gasteiger partial charge in [-0.3, -0.25) is 0 Å². The van der Waals surface area contributed by atoms with Gasteiger partial charge in [0.2, 0.25) is 0 Å². The molecule has 0 N–H and O–H groups in total. The Kier molecular flexibility index (Phi) is 3.80. The first-order chi connectivity index (χ1) is 7.03. The minimum atomic E-state index is -1.31. The van der Waals surface area contributed by atoms with E-state index in [1.54, 1.807) is 14.2 Å². The van der Waals surface area contributed by atoms with Crippen LogP contribution in [0.25, 0.3) is 0 Å². The van der Waals surface area contributed by atoms with Crippen molar-refractivity contribution in [1.82, 2.24) is 0 Å². The number of benzene rings is 1. The molecule has 3 heteroatoms. The van der Waals surface area contributed by atoms with Crippen molar-refractivity contribution in [2.45, 2.75) is 26.1 Å². The second-order valence-corrected chi connectivity index (χ2v) is 9.39. The van der Waals surface area contributed by atoms with Crippen molar-refractivity contribution in [3.05, 3.63) is 18.2 Å². The molecule has 0 bridgehead atoms. The molecule has 15 heavy (non-hydrogen) atoms. The molecule has 0 fully saturated rings. The van der Waals surface area contributed by atoms with E-state index in [4.69, 9.17) is 9.47 Å². The zero-order chi connectivity index (χ0) is 11.5. The normalized spacial score (nSPS) is 11.3. The van der Waals surface area contributed by atoms with Crippen molar-refractivity contribution < 1.29 is 9.47 Å². The van der Waals surface area contributed by atoms with Gasteiger partial charge in [-0.25, -0.2) is 0 Å². The lowest BCUT2D eigenvalue weighted by Crippen LogP contribution is -2.40. The van der Waals surface area contributed by atoms with Crippen molar-refractivity contribution >= 4 is 13.3 Å². The summed E-state index contributed by atoms with van der Waals surface area (Å²) in [5.74, 6) is 1.77. The molecule has 0 aliphatic rings. The highest BCUT2D eigenvalue weighted by Gasteiger charge is 2.22. The lowest BCUT2D eigenvalue weighted by atomic mass is 10.3. The molecule has 0 aromatic heterocycles. The molecule has 1 aromatic carbocycles. The van der Waals surface area contributed by atoms with Crippen molar-refractivity contribution in [2.24, 2.45) is 0 Å². The van der Waals surface area contributed by atoms with Gasteiger partial charge >= 0.3 is 0 Å². The Bertz CT molecular complexity index is 312. The van der Waals surface area contributed by atoms with Crippen molar-refractivity contribution in [1.29, 1.82) is 0 Å². The summed E-state index contributed by atoms with van der Waals surface area (Å²) in [7, 11) is 2.08. The van der Waals surface area contributed by atoms with Crippen LogP contribution in [0.2, 0.25) is 19.1 Å². The fourth-order valence-electron chi connectivity index (χ4n) is 1.40. The fraction of sp³-hybridized carbons (Fsp3) is 0.500. The number of methoxy groups -OCH3 is 2. The summed E-state index contributed by atoms with van der Waals surface area (Å²) < 4.78 is 10.6. The number of ether oxygens (including phenoxy) is 2. The Morgan fingerprint density at radius 1 is 1.00 bits per heavy atom. The molecule has 2 nitrogen and oxygen atoms in total. The van der Waals surface area contributed by atoms with Gasteiger partial charge in [0.1, 0.15) is 11.5 Å². The van der Waals surface area contributed by atoms with E-state index >= 15 is 0 Å². The molecule has 0 aliphatic carbocycles. The van der Waals surface area contributed by atoms with Gasteiger partial charge in [-0.2, -0.15) is 0 Å². The van der Waals surface area contributed by atoms with Crippen LogP contribution >= 0.6 is 0 Å². The first-order valence-corrected chi connectivity index (χ1v) is 8.47. The summed E-state index contributed by atoms with van der Waals surface area (Å²) >= 11 is 0. The lowest BCUT2D eigenvalue weighted by molar-refractivity contribution is 0.395. The van der Waals surface area contributed by atoms with E-state index in [0.717, 1.165) is 11.5 Å². The molecular weight excluding hydrogens is 204 g/mol. The molecule has 1 rings (SSSR count). The van der Waals surface area contributed by atoms with Gasteiger partial charge in [0.15, 0.2) is 0 Å². The van der Waals surface area contributed by atoms with E-state index in [1.807, 2.05) is 6.07 Å². The van der Waals surface area contributed by atoms with Crippen LogP contribution in [0, 0.1) is 0 Å². The molecule has 0 aliphatic heterocycles. The molecule has 84 valence electrons. The predicted molar refractivity (Wildman–Crippen MR) is 67.1 cm³/mol. The second-order valence-electron chi connectivity index (χ2n) is 4.34. The van der Waals surface area contributed by atoms with Gasteiger partial charge < -0.3 is 9.47 Å². The number of hydrogen-bond donors (Lipinski definition) is 0. The summed E-state index contributed by atoms with van der Waals surface area (Å²) in [5.41, 5.74) is 0. The molecule has 0 amide bonds. The van der Waals surface area contributed by atoms with Crippen LogP contribution in [0.4, 0.5) is 0 Å². The molecule has 0 saturated heterocycles. The van der Waals surface area contributed by atoms with Crippen molar-refractivity contribution in [3.8, 4) is 11.5 Å². The zero-order valence-electron chi connectivity index (χ0n) is 10.3. The van der Waals surface area contributed by atoms with Gasteiger partial charge in [0, 0.05) is 6.07 Å². The standard InChI is InChI=1S/C12H20O2Si/c1-6-15(4,5)12-8-10(13-2)7-11(9-12)14-3/h7-9H,6H2,1-5H3. The van der Waals surface area contributed by atoms with Crippen LogP contribution in [-0.4, -0.2) is 22.3 Å². The predicted octanol–water partition coefficient (Wildman–Crippen LogP) is 2.64. The van der Waals surface area contributed by atoms with Crippen molar-refractivity contribution in [3.63, 3.8) is 0 Å². The Morgan fingerprint density at radius 2 is 1.47 bits per heavy atom. The molecule has 1 aromatic rings. The molecule has 0 spiro atoms. The highest BCUT2D eigenvalue weighted by atomic mass is 28.3. The third-order valence-corrected chi connectivity index (χ3v) is 6.64. The Morgan fingerprint density at radius 3 is 1.80 bits per heavy atom. The van der Waals surface area contributed by atoms with Crippen LogP contribution in [-0.2, 0) is 0 Å². The molecular formula is C12H20O2Si. The van der Waals surface area contributed by atoms with Gasteiger partial charge in [-0.15, -0.1) is 0 Å². The number of rotatable bonds is 4. The Balaban J connectivity index is 3.18. The summed E-state index contributed by atoms with van der Waals surface area (Å²) in [5, 5.41) is 1.39. The van der Waals surface area contributed by atoms with Crippen LogP contribution < -0.4 is 14.7 Å². The quantitative estimate of drug-likeness (QED) is 0.732. The summed E-state index contributed by atoms with van der Waals surface area (Å²) in [4.78, 5) is 0. The number of hydrogen-bond acceptors (Lipinski definition) is 2. The van der Waals surface area contributed by atoms with E-state index in [-0.39, 0.29) is 0 Å². The van der Waals surface area contributed by atoms with Gasteiger partial charge in [0.25, 0.3) is 0 Å². The maximum absolute atomic E-state index is 5.28. The smallest absolute Gasteiger partial charge is 0.122 e. The largest absolute Gasteiger partial charge is 0.497 e. The summed E-state index contributed by atoms with van der Waals surface area (Å²) in [6, 6.07) is 7.42. The minimum Gasteiger partial charge on any atom is -0.497 e. The first kappa shape index (κ1) is 12.1. The van der Waals surface area contributed by atoms with Crippen molar-refractivity contribution in [2.75, 3.05) is 14.2 Å².